The average molecular weight is 311 g/mol. The highest BCUT2D eigenvalue weighted by molar-refractivity contribution is 7.09. The first kappa shape index (κ1) is 15.8. The number of nitrogens with zero attached hydrogens (tertiary/aromatic N) is 1. The van der Waals surface area contributed by atoms with Gasteiger partial charge in [0.2, 0.25) is 0 Å². The Balaban J connectivity index is 1.64. The van der Waals surface area contributed by atoms with Gasteiger partial charge in [-0.25, -0.2) is 14.6 Å². The Labute approximate surface area is 128 Å². The van der Waals surface area contributed by atoms with Crippen LogP contribution in [0.1, 0.15) is 48.1 Å². The number of rotatable bonds is 8. The van der Waals surface area contributed by atoms with Crippen LogP contribution in [0.3, 0.4) is 0 Å². The monoisotopic (exact) mass is 311 g/mol. The molecule has 0 radical (unpaired) electrons. The molecule has 0 unspecified atom stereocenters. The largest absolute Gasteiger partial charge is 0.476 e. The van der Waals surface area contributed by atoms with E-state index in [9.17, 15) is 9.59 Å². The molecule has 3 N–H and O–H groups in total. The van der Waals surface area contributed by atoms with Crippen LogP contribution in [0.5, 0.6) is 0 Å². The smallest absolute Gasteiger partial charge is 0.355 e. The molecule has 1 aliphatic rings. The summed E-state index contributed by atoms with van der Waals surface area (Å²) < 4.78 is 0. The van der Waals surface area contributed by atoms with Gasteiger partial charge >= 0.3 is 12.0 Å². The molecule has 0 saturated heterocycles. The fraction of sp³-hybridized carbons (Fsp3) is 0.643. The number of thiazole rings is 1. The minimum atomic E-state index is -1.02. The highest BCUT2D eigenvalue weighted by Gasteiger charge is 2.41. The van der Waals surface area contributed by atoms with E-state index in [-0.39, 0.29) is 11.7 Å². The normalized spacial score (nSPS) is 15.5. The quantitative estimate of drug-likeness (QED) is 0.687. The number of amides is 2. The average Bonchev–Trinajstić information content (AvgIpc) is 3.04. The van der Waals surface area contributed by atoms with Gasteiger partial charge in [-0.15, -0.1) is 11.3 Å². The molecule has 6 nitrogen and oxygen atoms in total. The summed E-state index contributed by atoms with van der Waals surface area (Å²) in [6, 6.07) is -0.160. The van der Waals surface area contributed by atoms with Crippen LogP contribution in [0.4, 0.5) is 4.79 Å². The van der Waals surface area contributed by atoms with Gasteiger partial charge in [-0.1, -0.05) is 13.3 Å². The summed E-state index contributed by atoms with van der Waals surface area (Å²) in [5, 5.41) is 16.7. The Kier molecular flexibility index (Phi) is 5.17. The predicted octanol–water partition coefficient (Wildman–Crippen LogP) is 2.26. The Morgan fingerprint density at radius 2 is 2.19 bits per heavy atom. The van der Waals surface area contributed by atoms with Gasteiger partial charge in [-0.2, -0.15) is 0 Å². The summed E-state index contributed by atoms with van der Waals surface area (Å²) in [6.07, 6.45) is 5.28. The molecule has 0 aliphatic heterocycles. The lowest BCUT2D eigenvalue weighted by molar-refractivity contribution is 0.0691. The fourth-order valence-corrected chi connectivity index (χ4v) is 3.13. The van der Waals surface area contributed by atoms with E-state index in [1.54, 1.807) is 0 Å². The van der Waals surface area contributed by atoms with Crippen molar-refractivity contribution in [1.29, 1.82) is 0 Å². The molecule has 7 heteroatoms. The fourth-order valence-electron chi connectivity index (χ4n) is 2.36. The van der Waals surface area contributed by atoms with Crippen LogP contribution >= 0.6 is 11.3 Å². The standard InChI is InChI=1S/C14H21N3O3S/c1-2-4-14(5-6-14)9-16-13(20)15-7-3-11-17-10(8-21-11)12(18)19/h8H,2-7,9H2,1H3,(H,18,19)(H2,15,16,20). The predicted molar refractivity (Wildman–Crippen MR) is 80.8 cm³/mol. The van der Waals surface area contributed by atoms with Crippen molar-refractivity contribution in [2.45, 2.75) is 39.0 Å². The van der Waals surface area contributed by atoms with Crippen LogP contribution in [0.15, 0.2) is 5.38 Å². The zero-order valence-electron chi connectivity index (χ0n) is 12.1. The maximum Gasteiger partial charge on any atom is 0.355 e. The molecule has 1 saturated carbocycles. The molecule has 2 rings (SSSR count). The number of urea groups is 1. The van der Waals surface area contributed by atoms with Gasteiger partial charge < -0.3 is 15.7 Å². The third kappa shape index (κ3) is 4.70. The summed E-state index contributed by atoms with van der Waals surface area (Å²) in [5.74, 6) is -1.02. The third-order valence-corrected chi connectivity index (χ3v) is 4.67. The zero-order valence-corrected chi connectivity index (χ0v) is 13.0. The SMILES string of the molecule is CCCC1(CNC(=O)NCCc2nc(C(=O)O)cs2)CC1. The number of hydrogen-bond donors (Lipinski definition) is 3. The second-order valence-electron chi connectivity index (χ2n) is 5.54. The van der Waals surface area contributed by atoms with E-state index in [0.29, 0.717) is 18.4 Å². The van der Waals surface area contributed by atoms with E-state index in [4.69, 9.17) is 5.11 Å². The summed E-state index contributed by atoms with van der Waals surface area (Å²) >= 11 is 1.30. The lowest BCUT2D eigenvalue weighted by Crippen LogP contribution is -2.39. The summed E-state index contributed by atoms with van der Waals surface area (Å²) in [5.41, 5.74) is 0.410. The van der Waals surface area contributed by atoms with Crippen molar-refractivity contribution in [1.82, 2.24) is 15.6 Å². The van der Waals surface area contributed by atoms with E-state index in [1.165, 1.54) is 36.0 Å². The first-order valence-corrected chi connectivity index (χ1v) is 8.12. The molecule has 0 atom stereocenters. The van der Waals surface area contributed by atoms with Crippen LogP contribution < -0.4 is 10.6 Å². The number of carbonyl (C=O) groups excluding carboxylic acids is 1. The number of aromatic carboxylic acids is 1. The van der Waals surface area contributed by atoms with Gasteiger partial charge in [-0.3, -0.25) is 0 Å². The Bertz CT molecular complexity index is 511. The zero-order chi connectivity index (χ0) is 15.3. The molecule has 2 amide bonds. The lowest BCUT2D eigenvalue weighted by Gasteiger charge is -2.15. The Morgan fingerprint density at radius 3 is 2.76 bits per heavy atom. The molecular weight excluding hydrogens is 290 g/mol. The molecular formula is C14H21N3O3S. The Hall–Kier alpha value is -1.63. The van der Waals surface area contributed by atoms with Crippen molar-refractivity contribution < 1.29 is 14.7 Å². The lowest BCUT2D eigenvalue weighted by atomic mass is 10.0. The minimum absolute atomic E-state index is 0.0645. The Morgan fingerprint density at radius 1 is 1.43 bits per heavy atom. The maximum absolute atomic E-state index is 11.7. The van der Waals surface area contributed by atoms with E-state index in [1.807, 2.05) is 0 Å². The highest BCUT2D eigenvalue weighted by Crippen LogP contribution is 2.48. The second-order valence-corrected chi connectivity index (χ2v) is 6.48. The highest BCUT2D eigenvalue weighted by atomic mass is 32.1. The van der Waals surface area contributed by atoms with Gasteiger partial charge in [0.05, 0.1) is 5.01 Å². The van der Waals surface area contributed by atoms with Crippen LogP contribution in [0.2, 0.25) is 0 Å². The summed E-state index contributed by atoms with van der Waals surface area (Å²) in [7, 11) is 0. The first-order chi connectivity index (χ1) is 10.0. The van der Waals surface area contributed by atoms with E-state index >= 15 is 0 Å². The van der Waals surface area contributed by atoms with Gasteiger partial charge in [0.15, 0.2) is 5.69 Å². The van der Waals surface area contributed by atoms with Gasteiger partial charge in [0.25, 0.3) is 0 Å². The topological polar surface area (TPSA) is 91.3 Å². The molecule has 1 aromatic rings. The van der Waals surface area contributed by atoms with Crippen LogP contribution in [0, 0.1) is 5.41 Å². The number of hydrogen-bond acceptors (Lipinski definition) is 4. The van der Waals surface area contributed by atoms with Crippen LogP contribution in [0.25, 0.3) is 0 Å². The summed E-state index contributed by atoms with van der Waals surface area (Å²) in [6.45, 7) is 3.37. The molecule has 1 aliphatic carbocycles. The molecule has 1 heterocycles. The number of carboxylic acids is 1. The number of nitrogens with one attached hydrogen (secondary N) is 2. The minimum Gasteiger partial charge on any atom is -0.476 e. The molecule has 0 spiro atoms. The molecule has 116 valence electrons. The van der Waals surface area contributed by atoms with E-state index in [0.717, 1.165) is 18.0 Å². The van der Waals surface area contributed by atoms with Crippen molar-refractivity contribution >= 4 is 23.3 Å². The van der Waals surface area contributed by atoms with Gasteiger partial charge in [0, 0.05) is 24.9 Å². The van der Waals surface area contributed by atoms with E-state index < -0.39 is 5.97 Å². The number of aromatic nitrogens is 1. The number of carboxylic acid groups (broad SMARTS) is 1. The molecule has 21 heavy (non-hydrogen) atoms. The molecule has 1 fully saturated rings. The molecule has 1 aromatic heterocycles. The van der Waals surface area contributed by atoms with E-state index in [2.05, 4.69) is 22.5 Å². The summed E-state index contributed by atoms with van der Waals surface area (Å²) in [4.78, 5) is 26.4. The van der Waals surface area contributed by atoms with Crippen molar-refractivity contribution in [3.63, 3.8) is 0 Å². The number of carbonyl (C=O) groups is 2. The van der Waals surface area contributed by atoms with Gasteiger partial charge in [-0.05, 0) is 24.7 Å². The van der Waals surface area contributed by atoms with Crippen LogP contribution in [-0.4, -0.2) is 35.2 Å². The third-order valence-electron chi connectivity index (χ3n) is 3.76. The van der Waals surface area contributed by atoms with Gasteiger partial charge in [0.1, 0.15) is 0 Å². The second kappa shape index (κ2) is 6.89. The molecule has 0 bridgehead atoms. The van der Waals surface area contributed by atoms with Crippen molar-refractivity contribution in [3.8, 4) is 0 Å². The van der Waals surface area contributed by atoms with Crippen molar-refractivity contribution in [2.75, 3.05) is 13.1 Å². The maximum atomic E-state index is 11.7. The first-order valence-electron chi connectivity index (χ1n) is 7.24. The van der Waals surface area contributed by atoms with Crippen molar-refractivity contribution in [3.05, 3.63) is 16.1 Å². The van der Waals surface area contributed by atoms with Crippen molar-refractivity contribution in [2.24, 2.45) is 5.41 Å². The van der Waals surface area contributed by atoms with Crippen LogP contribution in [-0.2, 0) is 6.42 Å². The molecule has 0 aromatic carbocycles.